The normalized spacial score (nSPS) is 24.4. The van der Waals surface area contributed by atoms with Crippen LogP contribution >= 0.6 is 0 Å². The number of hydrogen-bond acceptors (Lipinski definition) is 3. The highest BCUT2D eigenvalue weighted by molar-refractivity contribution is 5.44. The summed E-state index contributed by atoms with van der Waals surface area (Å²) in [5, 5.41) is 0. The molecule has 2 N–H and O–H groups in total. The van der Waals surface area contributed by atoms with Crippen LogP contribution in [0.5, 0.6) is 0 Å². The Morgan fingerprint density at radius 2 is 2.06 bits per heavy atom. The van der Waals surface area contributed by atoms with Crippen molar-refractivity contribution in [3.63, 3.8) is 0 Å². The molecule has 2 rings (SSSR count). The third-order valence-corrected chi connectivity index (χ3v) is 4.08. The Balaban J connectivity index is 1.79. The lowest BCUT2D eigenvalue weighted by atomic mass is 9.90. The second kappa shape index (κ2) is 5.72. The van der Waals surface area contributed by atoms with Crippen molar-refractivity contribution < 1.29 is 0 Å². The number of rotatable bonds is 5. The molecule has 18 heavy (non-hydrogen) atoms. The molecule has 1 aliphatic rings. The molecule has 100 valence electrons. The Kier molecular flexibility index (Phi) is 4.25. The molecular formula is C15H25N3. The topological polar surface area (TPSA) is 32.5 Å². The van der Waals surface area contributed by atoms with Gasteiger partial charge in [-0.05, 0) is 37.1 Å². The summed E-state index contributed by atoms with van der Waals surface area (Å²) >= 11 is 0. The second-order valence-electron chi connectivity index (χ2n) is 5.80. The fourth-order valence-corrected chi connectivity index (χ4v) is 2.59. The Labute approximate surface area is 111 Å². The van der Waals surface area contributed by atoms with Crippen LogP contribution in [-0.2, 0) is 0 Å². The average molecular weight is 247 g/mol. The van der Waals surface area contributed by atoms with Crippen molar-refractivity contribution in [3.8, 4) is 0 Å². The van der Waals surface area contributed by atoms with Crippen molar-refractivity contribution in [2.45, 2.75) is 13.3 Å². The zero-order chi connectivity index (χ0) is 13.0. The minimum absolute atomic E-state index is 0.339. The molecule has 1 saturated heterocycles. The molecule has 0 saturated carbocycles. The third kappa shape index (κ3) is 3.24. The first kappa shape index (κ1) is 13.4. The minimum Gasteiger partial charge on any atom is -0.373 e. The molecule has 0 radical (unpaired) electrons. The van der Waals surface area contributed by atoms with Gasteiger partial charge in [0.05, 0.1) is 0 Å². The van der Waals surface area contributed by atoms with Crippen LogP contribution in [0.2, 0.25) is 0 Å². The highest BCUT2D eigenvalue weighted by atomic mass is 15.2. The second-order valence-corrected chi connectivity index (χ2v) is 5.80. The maximum absolute atomic E-state index is 5.84. The lowest BCUT2D eigenvalue weighted by Crippen LogP contribution is -2.35. The van der Waals surface area contributed by atoms with Gasteiger partial charge in [-0.15, -0.1) is 0 Å². The average Bonchev–Trinajstić information content (AvgIpc) is 2.80. The number of hydrogen-bond donors (Lipinski definition) is 1. The first-order valence-electron chi connectivity index (χ1n) is 6.82. The van der Waals surface area contributed by atoms with Crippen LogP contribution in [-0.4, -0.2) is 44.7 Å². The van der Waals surface area contributed by atoms with Crippen molar-refractivity contribution in [3.05, 3.63) is 30.3 Å². The number of benzene rings is 1. The van der Waals surface area contributed by atoms with Crippen molar-refractivity contribution in [1.29, 1.82) is 0 Å². The molecule has 1 fully saturated rings. The highest BCUT2D eigenvalue weighted by Gasteiger charge is 2.31. The lowest BCUT2D eigenvalue weighted by molar-refractivity contribution is 0.285. The van der Waals surface area contributed by atoms with Gasteiger partial charge < -0.3 is 15.5 Å². The fourth-order valence-electron chi connectivity index (χ4n) is 2.59. The molecular weight excluding hydrogens is 222 g/mol. The van der Waals surface area contributed by atoms with E-state index in [9.17, 15) is 0 Å². The van der Waals surface area contributed by atoms with Crippen molar-refractivity contribution in [2.75, 3.05) is 44.7 Å². The Bertz CT molecular complexity index is 365. The van der Waals surface area contributed by atoms with E-state index in [0.717, 1.165) is 26.2 Å². The molecule has 1 unspecified atom stereocenters. The summed E-state index contributed by atoms with van der Waals surface area (Å²) in [6, 6.07) is 10.6. The standard InChI is InChI=1S/C15H25N3/c1-15(12-16)8-9-18(13-15)11-10-17(2)14-6-4-3-5-7-14/h3-7H,8-13,16H2,1-2H3. The Hall–Kier alpha value is -1.06. The van der Waals surface area contributed by atoms with Gasteiger partial charge in [0.1, 0.15) is 0 Å². The molecule has 0 bridgehead atoms. The van der Waals surface area contributed by atoms with Gasteiger partial charge in [-0.2, -0.15) is 0 Å². The summed E-state index contributed by atoms with van der Waals surface area (Å²) in [6.45, 7) is 7.64. The van der Waals surface area contributed by atoms with Crippen LogP contribution in [0.1, 0.15) is 13.3 Å². The molecule has 1 atom stereocenters. The summed E-state index contributed by atoms with van der Waals surface area (Å²) in [6.07, 6.45) is 1.23. The number of nitrogens with zero attached hydrogens (tertiary/aromatic N) is 2. The molecule has 1 aliphatic heterocycles. The molecule has 0 aliphatic carbocycles. The fraction of sp³-hybridized carbons (Fsp3) is 0.600. The highest BCUT2D eigenvalue weighted by Crippen LogP contribution is 2.28. The smallest absolute Gasteiger partial charge is 0.0364 e. The third-order valence-electron chi connectivity index (χ3n) is 4.08. The van der Waals surface area contributed by atoms with E-state index in [2.05, 4.69) is 54.1 Å². The first-order valence-corrected chi connectivity index (χ1v) is 6.82. The SMILES string of the molecule is CN(CCN1CCC(C)(CN)C1)c1ccccc1. The van der Waals surface area contributed by atoms with Crippen LogP contribution < -0.4 is 10.6 Å². The lowest BCUT2D eigenvalue weighted by Gasteiger charge is -2.25. The van der Waals surface area contributed by atoms with Crippen molar-refractivity contribution in [2.24, 2.45) is 11.1 Å². The van der Waals surface area contributed by atoms with Gasteiger partial charge in [-0.1, -0.05) is 25.1 Å². The zero-order valence-corrected chi connectivity index (χ0v) is 11.6. The number of likely N-dealkylation sites (N-methyl/N-ethyl adjacent to an activating group) is 1. The predicted molar refractivity (Wildman–Crippen MR) is 77.9 cm³/mol. The number of nitrogens with two attached hydrogens (primary N) is 1. The summed E-state index contributed by atoms with van der Waals surface area (Å²) in [5.74, 6) is 0. The van der Waals surface area contributed by atoms with Gasteiger partial charge >= 0.3 is 0 Å². The minimum atomic E-state index is 0.339. The Morgan fingerprint density at radius 1 is 1.33 bits per heavy atom. The molecule has 0 amide bonds. The van der Waals surface area contributed by atoms with E-state index >= 15 is 0 Å². The zero-order valence-electron chi connectivity index (χ0n) is 11.6. The van der Waals surface area contributed by atoms with E-state index in [1.807, 2.05) is 0 Å². The molecule has 0 aromatic heterocycles. The van der Waals surface area contributed by atoms with Gasteiger partial charge in [0.25, 0.3) is 0 Å². The summed E-state index contributed by atoms with van der Waals surface area (Å²) in [4.78, 5) is 4.85. The van der Waals surface area contributed by atoms with E-state index in [4.69, 9.17) is 5.73 Å². The molecule has 3 nitrogen and oxygen atoms in total. The number of para-hydroxylation sites is 1. The van der Waals surface area contributed by atoms with Crippen molar-refractivity contribution >= 4 is 5.69 Å². The van der Waals surface area contributed by atoms with Crippen LogP contribution in [0.4, 0.5) is 5.69 Å². The van der Waals surface area contributed by atoms with Crippen LogP contribution in [0, 0.1) is 5.41 Å². The Morgan fingerprint density at radius 3 is 2.67 bits per heavy atom. The van der Waals surface area contributed by atoms with E-state index < -0.39 is 0 Å². The molecule has 1 aromatic rings. The molecule has 0 spiro atoms. The predicted octanol–water partition coefficient (Wildman–Crippen LogP) is 1.79. The first-order chi connectivity index (χ1) is 8.63. The van der Waals surface area contributed by atoms with Gasteiger partial charge in [0.15, 0.2) is 0 Å². The molecule has 1 aromatic carbocycles. The van der Waals surface area contributed by atoms with Gasteiger partial charge in [-0.25, -0.2) is 0 Å². The quantitative estimate of drug-likeness (QED) is 0.861. The van der Waals surface area contributed by atoms with E-state index in [1.165, 1.54) is 18.7 Å². The maximum Gasteiger partial charge on any atom is 0.0364 e. The van der Waals surface area contributed by atoms with Gasteiger partial charge in [-0.3, -0.25) is 0 Å². The largest absolute Gasteiger partial charge is 0.373 e. The van der Waals surface area contributed by atoms with E-state index in [0.29, 0.717) is 5.41 Å². The molecule has 1 heterocycles. The summed E-state index contributed by atoms with van der Waals surface area (Å²) in [5.41, 5.74) is 7.47. The molecule has 3 heteroatoms. The van der Waals surface area contributed by atoms with Crippen molar-refractivity contribution in [1.82, 2.24) is 4.90 Å². The van der Waals surface area contributed by atoms with E-state index in [-0.39, 0.29) is 0 Å². The monoisotopic (exact) mass is 247 g/mol. The van der Waals surface area contributed by atoms with Gasteiger partial charge in [0, 0.05) is 32.4 Å². The summed E-state index contributed by atoms with van der Waals surface area (Å²) in [7, 11) is 2.16. The van der Waals surface area contributed by atoms with Crippen LogP contribution in [0.25, 0.3) is 0 Å². The van der Waals surface area contributed by atoms with Crippen LogP contribution in [0.15, 0.2) is 30.3 Å². The summed E-state index contributed by atoms with van der Waals surface area (Å²) < 4.78 is 0. The number of anilines is 1. The van der Waals surface area contributed by atoms with Gasteiger partial charge in [0.2, 0.25) is 0 Å². The van der Waals surface area contributed by atoms with E-state index in [1.54, 1.807) is 0 Å². The van der Waals surface area contributed by atoms with Crippen LogP contribution in [0.3, 0.4) is 0 Å². The maximum atomic E-state index is 5.84. The number of likely N-dealkylation sites (tertiary alicyclic amines) is 1.